The van der Waals surface area contributed by atoms with Crippen LogP contribution < -0.4 is 5.32 Å². The van der Waals surface area contributed by atoms with E-state index in [4.69, 9.17) is 27.9 Å². The molecule has 1 aromatic heterocycles. The molecule has 2 aromatic carbocycles. The molecule has 2 heterocycles. The predicted molar refractivity (Wildman–Crippen MR) is 127 cm³/mol. The van der Waals surface area contributed by atoms with Gasteiger partial charge in [0, 0.05) is 18.0 Å². The zero-order valence-corrected chi connectivity index (χ0v) is 19.6. The molecule has 1 unspecified atom stereocenters. The molecular formula is C25H24Cl2N2O4. The molecule has 172 valence electrons. The number of benzene rings is 2. The number of hydrogen-bond donors (Lipinski definition) is 2. The van der Waals surface area contributed by atoms with E-state index in [0.29, 0.717) is 29.0 Å². The Balaban J connectivity index is 1.41. The topological polar surface area (TPSA) is 80.6 Å². The number of fused-ring (bicyclic) bond motifs is 1. The van der Waals surface area contributed by atoms with Crippen molar-refractivity contribution in [2.45, 2.75) is 30.7 Å². The monoisotopic (exact) mass is 486 g/mol. The Hall–Kier alpha value is -2.54. The van der Waals surface area contributed by atoms with E-state index in [2.05, 4.69) is 5.32 Å². The van der Waals surface area contributed by atoms with Crippen LogP contribution in [0.5, 0.6) is 0 Å². The molecule has 5 rings (SSSR count). The number of aryl methyl sites for hydroxylation is 1. The van der Waals surface area contributed by atoms with Crippen LogP contribution in [-0.4, -0.2) is 34.8 Å². The van der Waals surface area contributed by atoms with Crippen LogP contribution in [0.25, 0.3) is 10.9 Å². The van der Waals surface area contributed by atoms with Gasteiger partial charge in [-0.25, -0.2) is 0 Å². The average molecular weight is 487 g/mol. The highest BCUT2D eigenvalue weighted by atomic mass is 35.5. The SMILES string of the molecule is Cn1c(C(=O)NC2(c3ccc(C(C(=O)O)C4CCC4)cc3)COC2)cc2c(Cl)c(Cl)ccc21. The third-order valence-electron chi connectivity index (χ3n) is 7.11. The number of aliphatic carboxylic acids is 1. The molecule has 2 fully saturated rings. The first kappa shape index (κ1) is 22.3. The molecule has 0 radical (unpaired) electrons. The van der Waals surface area contributed by atoms with Crippen molar-refractivity contribution in [1.82, 2.24) is 9.88 Å². The van der Waals surface area contributed by atoms with Gasteiger partial charge in [-0.05, 0) is 48.1 Å². The summed E-state index contributed by atoms with van der Waals surface area (Å²) in [6.45, 7) is 0.694. The quantitative estimate of drug-likeness (QED) is 0.507. The molecule has 33 heavy (non-hydrogen) atoms. The fourth-order valence-corrected chi connectivity index (χ4v) is 5.24. The number of carbonyl (C=O) groups is 2. The minimum absolute atomic E-state index is 0.195. The van der Waals surface area contributed by atoms with E-state index in [0.717, 1.165) is 41.3 Å². The number of hydrogen-bond acceptors (Lipinski definition) is 3. The standard InChI is InChI=1S/C25H24Cl2N2O4/c1-29-19-10-9-18(26)22(27)17(19)11-20(29)23(30)28-25(12-33-13-25)16-7-5-15(6-8-16)21(24(31)32)14-3-2-4-14/h5-11,14,21H,2-4,12-13H2,1H3,(H,28,30)(H,31,32). The molecule has 6 nitrogen and oxygen atoms in total. The Morgan fingerprint density at radius 3 is 2.39 bits per heavy atom. The fraction of sp³-hybridized carbons (Fsp3) is 0.360. The van der Waals surface area contributed by atoms with Crippen molar-refractivity contribution >= 4 is 46.0 Å². The highest BCUT2D eigenvalue weighted by molar-refractivity contribution is 6.45. The van der Waals surface area contributed by atoms with Crippen molar-refractivity contribution in [3.05, 3.63) is 69.3 Å². The molecule has 1 saturated carbocycles. The lowest BCUT2D eigenvalue weighted by Gasteiger charge is -2.42. The summed E-state index contributed by atoms with van der Waals surface area (Å²) in [6, 6.07) is 12.8. The lowest BCUT2D eigenvalue weighted by atomic mass is 9.72. The van der Waals surface area contributed by atoms with Crippen molar-refractivity contribution in [2.75, 3.05) is 13.2 Å². The third-order valence-corrected chi connectivity index (χ3v) is 7.92. The summed E-state index contributed by atoms with van der Waals surface area (Å²) in [5, 5.41) is 14.4. The van der Waals surface area contributed by atoms with Gasteiger partial charge in [-0.3, -0.25) is 9.59 Å². The number of ether oxygens (including phenoxy) is 1. The summed E-state index contributed by atoms with van der Waals surface area (Å²) in [7, 11) is 1.81. The first-order chi connectivity index (χ1) is 15.8. The third kappa shape index (κ3) is 3.70. The molecular weight excluding hydrogens is 463 g/mol. The van der Waals surface area contributed by atoms with Crippen LogP contribution in [-0.2, 0) is 22.1 Å². The number of carboxylic acid groups (broad SMARTS) is 1. The maximum Gasteiger partial charge on any atom is 0.311 e. The predicted octanol–water partition coefficient (Wildman–Crippen LogP) is 5.11. The Morgan fingerprint density at radius 1 is 1.15 bits per heavy atom. The average Bonchev–Trinajstić information content (AvgIpc) is 3.07. The first-order valence-electron chi connectivity index (χ1n) is 11.0. The van der Waals surface area contributed by atoms with Gasteiger partial charge in [-0.1, -0.05) is 53.9 Å². The van der Waals surface area contributed by atoms with Gasteiger partial charge in [0.2, 0.25) is 0 Å². The molecule has 1 amide bonds. The fourth-order valence-electron chi connectivity index (χ4n) is 4.86. The van der Waals surface area contributed by atoms with Gasteiger partial charge < -0.3 is 19.7 Å². The Bertz CT molecular complexity index is 1240. The first-order valence-corrected chi connectivity index (χ1v) is 11.7. The second-order valence-electron chi connectivity index (χ2n) is 9.04. The Kier molecular flexibility index (Phi) is 5.63. The number of nitrogens with zero attached hydrogens (tertiary/aromatic N) is 1. The van der Waals surface area contributed by atoms with Gasteiger partial charge in [0.05, 0.1) is 29.2 Å². The lowest BCUT2D eigenvalue weighted by Crippen LogP contribution is -2.59. The van der Waals surface area contributed by atoms with E-state index in [1.807, 2.05) is 37.4 Å². The van der Waals surface area contributed by atoms with Crippen molar-refractivity contribution in [1.29, 1.82) is 0 Å². The summed E-state index contributed by atoms with van der Waals surface area (Å²) >= 11 is 12.5. The van der Waals surface area contributed by atoms with E-state index in [9.17, 15) is 14.7 Å². The van der Waals surface area contributed by atoms with Crippen LogP contribution >= 0.6 is 23.2 Å². The number of aromatic nitrogens is 1. The smallest absolute Gasteiger partial charge is 0.311 e. The molecule has 0 bridgehead atoms. The molecule has 1 atom stereocenters. The molecule has 3 aromatic rings. The number of rotatable bonds is 6. The van der Waals surface area contributed by atoms with Crippen LogP contribution in [0.4, 0.5) is 0 Å². The highest BCUT2D eigenvalue weighted by Crippen LogP contribution is 2.40. The largest absolute Gasteiger partial charge is 0.481 e. The van der Waals surface area contributed by atoms with Crippen LogP contribution in [0.1, 0.15) is 46.8 Å². The van der Waals surface area contributed by atoms with Gasteiger partial charge in [0.1, 0.15) is 11.2 Å². The summed E-state index contributed by atoms with van der Waals surface area (Å²) in [5.74, 6) is -1.31. The Morgan fingerprint density at radius 2 is 1.85 bits per heavy atom. The van der Waals surface area contributed by atoms with Gasteiger partial charge in [0.25, 0.3) is 5.91 Å². The minimum atomic E-state index is -0.781. The van der Waals surface area contributed by atoms with Crippen LogP contribution in [0, 0.1) is 5.92 Å². The number of halogens is 2. The maximum absolute atomic E-state index is 13.3. The molecule has 1 aliphatic heterocycles. The van der Waals surface area contributed by atoms with E-state index >= 15 is 0 Å². The van der Waals surface area contributed by atoms with Crippen molar-refractivity contribution < 1.29 is 19.4 Å². The van der Waals surface area contributed by atoms with Gasteiger partial charge >= 0.3 is 5.97 Å². The number of amides is 1. The molecule has 1 aliphatic carbocycles. The van der Waals surface area contributed by atoms with E-state index in [1.165, 1.54) is 0 Å². The zero-order chi connectivity index (χ0) is 23.3. The van der Waals surface area contributed by atoms with Crippen molar-refractivity contribution in [3.8, 4) is 0 Å². The molecule has 8 heteroatoms. The van der Waals surface area contributed by atoms with Gasteiger partial charge in [0.15, 0.2) is 0 Å². The summed E-state index contributed by atoms with van der Waals surface area (Å²) in [6.07, 6.45) is 2.99. The van der Waals surface area contributed by atoms with E-state index in [-0.39, 0.29) is 11.8 Å². The maximum atomic E-state index is 13.3. The Labute approximate surface area is 201 Å². The molecule has 2 aliphatic rings. The van der Waals surface area contributed by atoms with E-state index < -0.39 is 17.4 Å². The minimum Gasteiger partial charge on any atom is -0.481 e. The van der Waals surface area contributed by atoms with Crippen LogP contribution in [0.3, 0.4) is 0 Å². The second kappa shape index (κ2) is 8.35. The number of nitrogens with one attached hydrogen (secondary N) is 1. The van der Waals surface area contributed by atoms with Gasteiger partial charge in [-0.15, -0.1) is 0 Å². The van der Waals surface area contributed by atoms with Crippen molar-refractivity contribution in [3.63, 3.8) is 0 Å². The number of carbonyl (C=O) groups excluding carboxylic acids is 1. The molecule has 1 saturated heterocycles. The van der Waals surface area contributed by atoms with Crippen LogP contribution in [0.2, 0.25) is 10.0 Å². The molecule has 2 N–H and O–H groups in total. The zero-order valence-electron chi connectivity index (χ0n) is 18.1. The summed E-state index contributed by atoms with van der Waals surface area (Å²) in [4.78, 5) is 25.1. The summed E-state index contributed by atoms with van der Waals surface area (Å²) in [5.41, 5.74) is 2.31. The lowest BCUT2D eigenvalue weighted by molar-refractivity contribution is -0.141. The molecule has 0 spiro atoms. The van der Waals surface area contributed by atoms with Crippen molar-refractivity contribution in [2.24, 2.45) is 13.0 Å². The number of carboxylic acids is 1. The summed E-state index contributed by atoms with van der Waals surface area (Å²) < 4.78 is 7.27. The second-order valence-corrected chi connectivity index (χ2v) is 9.83. The van der Waals surface area contributed by atoms with E-state index in [1.54, 1.807) is 16.7 Å². The van der Waals surface area contributed by atoms with Crippen LogP contribution in [0.15, 0.2) is 42.5 Å². The normalized spacial score (nSPS) is 18.4. The van der Waals surface area contributed by atoms with Gasteiger partial charge in [-0.2, -0.15) is 0 Å². The highest BCUT2D eigenvalue weighted by Gasteiger charge is 2.43.